The SMILES string of the molecule is C=CC(=O)N(N)CC(CN(N)C(=O)C=C)C(C)(C)C. The third kappa shape index (κ3) is 5.67. The van der Waals surface area contributed by atoms with Gasteiger partial charge in [-0.2, -0.15) is 0 Å². The van der Waals surface area contributed by atoms with Gasteiger partial charge in [0.05, 0.1) is 0 Å². The molecule has 4 N–H and O–H groups in total. The summed E-state index contributed by atoms with van der Waals surface area (Å²) in [7, 11) is 0. The zero-order chi connectivity index (χ0) is 15.2. The topological polar surface area (TPSA) is 92.7 Å². The molecule has 0 radical (unpaired) electrons. The van der Waals surface area contributed by atoms with Gasteiger partial charge in [0.2, 0.25) is 0 Å². The fourth-order valence-electron chi connectivity index (χ4n) is 1.49. The Morgan fingerprint density at radius 3 is 1.58 bits per heavy atom. The van der Waals surface area contributed by atoms with E-state index < -0.39 is 0 Å². The molecule has 0 bridgehead atoms. The van der Waals surface area contributed by atoms with Crippen LogP contribution in [0.4, 0.5) is 0 Å². The molecule has 0 fully saturated rings. The summed E-state index contributed by atoms with van der Waals surface area (Å²) in [6.07, 6.45) is 2.30. The lowest BCUT2D eigenvalue weighted by molar-refractivity contribution is -0.129. The molecule has 0 heterocycles. The van der Waals surface area contributed by atoms with Crippen molar-refractivity contribution in [1.29, 1.82) is 0 Å². The smallest absolute Gasteiger partial charge is 0.259 e. The summed E-state index contributed by atoms with van der Waals surface area (Å²) in [4.78, 5) is 22.8. The first-order chi connectivity index (χ1) is 8.63. The summed E-state index contributed by atoms with van der Waals surface area (Å²) in [5, 5.41) is 2.16. The van der Waals surface area contributed by atoms with Crippen LogP contribution >= 0.6 is 0 Å². The molecular weight excluding hydrogens is 244 g/mol. The van der Waals surface area contributed by atoms with Crippen molar-refractivity contribution < 1.29 is 9.59 Å². The first-order valence-electron chi connectivity index (χ1n) is 6.00. The van der Waals surface area contributed by atoms with Crippen LogP contribution in [0.25, 0.3) is 0 Å². The molecule has 0 aliphatic heterocycles. The van der Waals surface area contributed by atoms with E-state index in [1.807, 2.05) is 20.8 Å². The quantitative estimate of drug-likeness (QED) is 0.316. The number of amides is 2. The normalized spacial score (nSPS) is 11.1. The number of hydrogen-bond acceptors (Lipinski definition) is 4. The van der Waals surface area contributed by atoms with Crippen molar-refractivity contribution in [2.75, 3.05) is 13.1 Å². The highest BCUT2D eigenvalue weighted by Crippen LogP contribution is 2.26. The molecule has 0 saturated carbocycles. The van der Waals surface area contributed by atoms with Crippen molar-refractivity contribution in [3.8, 4) is 0 Å². The maximum absolute atomic E-state index is 11.4. The average molecular weight is 268 g/mol. The van der Waals surface area contributed by atoms with Crippen LogP contribution in [-0.4, -0.2) is 34.9 Å². The Bertz CT molecular complexity index is 332. The van der Waals surface area contributed by atoms with Gasteiger partial charge in [0, 0.05) is 19.0 Å². The highest BCUT2D eigenvalue weighted by atomic mass is 16.2. The van der Waals surface area contributed by atoms with Gasteiger partial charge in [0.15, 0.2) is 0 Å². The monoisotopic (exact) mass is 268 g/mol. The van der Waals surface area contributed by atoms with Crippen molar-refractivity contribution in [2.45, 2.75) is 20.8 Å². The summed E-state index contributed by atoms with van der Waals surface area (Å²) in [6.45, 7) is 13.3. The minimum Gasteiger partial charge on any atom is -0.277 e. The summed E-state index contributed by atoms with van der Waals surface area (Å²) in [5.74, 6) is 10.5. The summed E-state index contributed by atoms with van der Waals surface area (Å²) in [6, 6.07) is 0. The average Bonchev–Trinajstić information content (AvgIpc) is 2.34. The largest absolute Gasteiger partial charge is 0.277 e. The number of carbonyl (C=O) groups excluding carboxylic acids is 2. The molecule has 0 atom stereocenters. The fraction of sp³-hybridized carbons (Fsp3) is 0.538. The molecule has 0 aromatic heterocycles. The van der Waals surface area contributed by atoms with Gasteiger partial charge in [-0.1, -0.05) is 33.9 Å². The minimum absolute atomic E-state index is 0.0738. The Hall–Kier alpha value is -1.66. The molecule has 0 unspecified atom stereocenters. The van der Waals surface area contributed by atoms with E-state index in [0.29, 0.717) is 0 Å². The molecular formula is C13H24N4O2. The van der Waals surface area contributed by atoms with E-state index in [4.69, 9.17) is 11.7 Å². The third-order valence-electron chi connectivity index (χ3n) is 2.97. The maximum Gasteiger partial charge on any atom is 0.259 e. The van der Waals surface area contributed by atoms with Gasteiger partial charge < -0.3 is 0 Å². The number of carbonyl (C=O) groups is 2. The zero-order valence-corrected chi connectivity index (χ0v) is 11.9. The van der Waals surface area contributed by atoms with Crippen LogP contribution < -0.4 is 11.7 Å². The van der Waals surface area contributed by atoms with E-state index in [1.54, 1.807) is 0 Å². The standard InChI is InChI=1S/C13H24N4O2/c1-6-11(18)16(14)8-10(13(3,4)5)9-17(15)12(19)7-2/h6-7,10H,1-2,8-9,14-15H2,3-5H3. The minimum atomic E-state index is -0.368. The van der Waals surface area contributed by atoms with Crippen LogP contribution in [0.1, 0.15) is 20.8 Å². The Balaban J connectivity index is 4.84. The number of nitrogens with two attached hydrogens (primary N) is 2. The van der Waals surface area contributed by atoms with E-state index in [1.165, 1.54) is 0 Å². The lowest BCUT2D eigenvalue weighted by Gasteiger charge is -2.35. The number of rotatable bonds is 6. The predicted molar refractivity (Wildman–Crippen MR) is 75.1 cm³/mol. The molecule has 0 aromatic rings. The summed E-state index contributed by atoms with van der Waals surface area (Å²) < 4.78 is 0. The van der Waals surface area contributed by atoms with Gasteiger partial charge >= 0.3 is 0 Å². The van der Waals surface area contributed by atoms with Crippen LogP contribution in [0.15, 0.2) is 25.3 Å². The second-order valence-electron chi connectivity index (χ2n) is 5.45. The van der Waals surface area contributed by atoms with Crippen LogP contribution in [0.2, 0.25) is 0 Å². The molecule has 0 saturated heterocycles. The first kappa shape index (κ1) is 17.3. The molecule has 19 heavy (non-hydrogen) atoms. The van der Waals surface area contributed by atoms with E-state index in [2.05, 4.69) is 13.2 Å². The predicted octanol–water partition coefficient (Wildman–Crippen LogP) is 0.425. The van der Waals surface area contributed by atoms with Crippen LogP contribution in [-0.2, 0) is 9.59 Å². The number of hydrazine groups is 2. The van der Waals surface area contributed by atoms with Crippen LogP contribution in [0.5, 0.6) is 0 Å². The summed E-state index contributed by atoms with van der Waals surface area (Å²) in [5.41, 5.74) is -0.169. The molecule has 0 aromatic carbocycles. The number of hydrogen-bond donors (Lipinski definition) is 2. The van der Waals surface area contributed by atoms with E-state index in [0.717, 1.165) is 22.2 Å². The highest BCUT2D eigenvalue weighted by Gasteiger charge is 2.29. The first-order valence-corrected chi connectivity index (χ1v) is 6.00. The van der Waals surface area contributed by atoms with Crippen LogP contribution in [0.3, 0.4) is 0 Å². The maximum atomic E-state index is 11.4. The van der Waals surface area contributed by atoms with Crippen LogP contribution in [0, 0.1) is 11.3 Å². The van der Waals surface area contributed by atoms with Gasteiger partial charge in [0.25, 0.3) is 11.8 Å². The van der Waals surface area contributed by atoms with Crippen molar-refractivity contribution in [1.82, 2.24) is 10.0 Å². The molecule has 6 heteroatoms. The third-order valence-corrected chi connectivity index (χ3v) is 2.97. The zero-order valence-electron chi connectivity index (χ0n) is 11.9. The van der Waals surface area contributed by atoms with Gasteiger partial charge in [0.1, 0.15) is 0 Å². The second kappa shape index (κ2) is 7.06. The lowest BCUT2D eigenvalue weighted by Crippen LogP contribution is -2.49. The molecule has 108 valence electrons. The molecule has 0 spiro atoms. The van der Waals surface area contributed by atoms with Gasteiger partial charge in [-0.05, 0) is 17.6 Å². The van der Waals surface area contributed by atoms with E-state index in [-0.39, 0.29) is 36.2 Å². The van der Waals surface area contributed by atoms with Crippen molar-refractivity contribution in [2.24, 2.45) is 23.0 Å². The Morgan fingerprint density at radius 1 is 1.05 bits per heavy atom. The highest BCUT2D eigenvalue weighted by molar-refractivity contribution is 5.87. The second-order valence-corrected chi connectivity index (χ2v) is 5.45. The van der Waals surface area contributed by atoms with Crippen molar-refractivity contribution in [3.05, 3.63) is 25.3 Å². The molecule has 2 amide bonds. The number of nitrogens with zero attached hydrogens (tertiary/aromatic N) is 2. The Morgan fingerprint density at radius 2 is 1.37 bits per heavy atom. The van der Waals surface area contributed by atoms with Gasteiger partial charge in [-0.15, -0.1) is 0 Å². The Labute approximate surface area is 114 Å². The van der Waals surface area contributed by atoms with Gasteiger partial charge in [-0.25, -0.2) is 11.7 Å². The molecule has 0 rings (SSSR count). The van der Waals surface area contributed by atoms with Crippen molar-refractivity contribution in [3.63, 3.8) is 0 Å². The van der Waals surface area contributed by atoms with Crippen molar-refractivity contribution >= 4 is 11.8 Å². The summed E-state index contributed by atoms with van der Waals surface area (Å²) >= 11 is 0. The van der Waals surface area contributed by atoms with E-state index in [9.17, 15) is 9.59 Å². The molecule has 6 nitrogen and oxygen atoms in total. The van der Waals surface area contributed by atoms with E-state index >= 15 is 0 Å². The Kier molecular flexibility index (Phi) is 6.44. The molecule has 0 aliphatic carbocycles. The fourth-order valence-corrected chi connectivity index (χ4v) is 1.49. The van der Waals surface area contributed by atoms with Gasteiger partial charge in [-0.3, -0.25) is 19.6 Å². The molecule has 0 aliphatic rings. The lowest BCUT2D eigenvalue weighted by atomic mass is 9.80.